The molecule has 0 aromatic carbocycles. The molecule has 0 saturated heterocycles. The molecule has 0 saturated carbocycles. The Morgan fingerprint density at radius 1 is 1.44 bits per heavy atom. The summed E-state index contributed by atoms with van der Waals surface area (Å²) in [5, 5.41) is 7.41. The van der Waals surface area contributed by atoms with Crippen LogP contribution < -0.4 is 11.3 Å². The quantitative estimate of drug-likeness (QED) is 0.620. The van der Waals surface area contributed by atoms with E-state index in [-0.39, 0.29) is 22.4 Å². The van der Waals surface area contributed by atoms with Crippen LogP contribution >= 0.6 is 0 Å². The van der Waals surface area contributed by atoms with Gasteiger partial charge in [0.1, 0.15) is 5.84 Å². The van der Waals surface area contributed by atoms with Gasteiger partial charge in [0, 0.05) is 24.8 Å². The zero-order chi connectivity index (χ0) is 13.9. The average Bonchev–Trinajstić information content (AvgIpc) is 2.25. The maximum Gasteiger partial charge on any atom is 0.261 e. The topological polar surface area (TPSA) is 81.1 Å². The number of ether oxygens (including phenoxy) is 1. The van der Waals surface area contributed by atoms with E-state index in [2.05, 4.69) is 0 Å². The van der Waals surface area contributed by atoms with E-state index in [1.54, 1.807) is 17.7 Å². The summed E-state index contributed by atoms with van der Waals surface area (Å²) in [6.45, 7) is 7.03. The van der Waals surface area contributed by atoms with Crippen LogP contribution in [0.5, 0.6) is 0 Å². The van der Waals surface area contributed by atoms with Crippen molar-refractivity contribution >= 4 is 5.84 Å². The number of methoxy groups -OCH3 is 1. The van der Waals surface area contributed by atoms with Crippen LogP contribution in [-0.2, 0) is 16.7 Å². The summed E-state index contributed by atoms with van der Waals surface area (Å²) in [7, 11) is 1.59. The summed E-state index contributed by atoms with van der Waals surface area (Å²) in [4.78, 5) is 12.3. The maximum absolute atomic E-state index is 12.3. The largest absolute Gasteiger partial charge is 0.384 e. The van der Waals surface area contributed by atoms with Gasteiger partial charge in [-0.25, -0.2) is 0 Å². The molecule has 0 radical (unpaired) electrons. The summed E-state index contributed by atoms with van der Waals surface area (Å²) in [6, 6.07) is 3.47. The maximum atomic E-state index is 12.3. The highest BCUT2D eigenvalue weighted by Crippen LogP contribution is 2.21. The molecule has 1 aromatic rings. The molecule has 0 bridgehead atoms. The molecule has 0 aliphatic carbocycles. The van der Waals surface area contributed by atoms with Crippen LogP contribution in [0, 0.1) is 5.41 Å². The van der Waals surface area contributed by atoms with E-state index in [0.717, 1.165) is 5.69 Å². The number of hydrogen-bond acceptors (Lipinski definition) is 3. The summed E-state index contributed by atoms with van der Waals surface area (Å²) in [5.74, 6) is -0.202. The standard InChI is InChI=1S/C13H21N3O2/c1-13(2,3)10-6-5-9(11(14)15)12(17)16(10)7-8-18-4/h5-6H,7-8H2,1-4H3,(H3,14,15). The van der Waals surface area contributed by atoms with Gasteiger partial charge >= 0.3 is 0 Å². The molecule has 100 valence electrons. The monoisotopic (exact) mass is 251 g/mol. The van der Waals surface area contributed by atoms with E-state index in [9.17, 15) is 4.79 Å². The Labute approximate surface area is 107 Å². The Bertz CT molecular complexity index is 498. The molecule has 0 aliphatic heterocycles. The first-order chi connectivity index (χ1) is 8.29. The van der Waals surface area contributed by atoms with E-state index in [0.29, 0.717) is 13.2 Å². The van der Waals surface area contributed by atoms with Crippen LogP contribution in [-0.4, -0.2) is 24.1 Å². The Hall–Kier alpha value is -1.62. The average molecular weight is 251 g/mol. The lowest BCUT2D eigenvalue weighted by atomic mass is 9.90. The van der Waals surface area contributed by atoms with Crippen LogP contribution in [0.15, 0.2) is 16.9 Å². The number of amidine groups is 1. The zero-order valence-electron chi connectivity index (χ0n) is 11.4. The first kappa shape index (κ1) is 14.4. The Morgan fingerprint density at radius 3 is 2.50 bits per heavy atom. The Balaban J connectivity index is 3.42. The lowest BCUT2D eigenvalue weighted by Gasteiger charge is -2.24. The van der Waals surface area contributed by atoms with Crippen LogP contribution in [0.2, 0.25) is 0 Å². The Kier molecular flexibility index (Phi) is 4.29. The highest BCUT2D eigenvalue weighted by Gasteiger charge is 2.20. The van der Waals surface area contributed by atoms with Gasteiger partial charge in [-0.15, -0.1) is 0 Å². The Morgan fingerprint density at radius 2 is 2.06 bits per heavy atom. The number of hydrogen-bond donors (Lipinski definition) is 2. The molecule has 0 amide bonds. The van der Waals surface area contributed by atoms with Crippen molar-refractivity contribution < 1.29 is 4.74 Å². The molecule has 3 N–H and O–H groups in total. The van der Waals surface area contributed by atoms with Gasteiger partial charge in [-0.05, 0) is 12.1 Å². The molecule has 1 heterocycles. The molecule has 5 nitrogen and oxygen atoms in total. The summed E-state index contributed by atoms with van der Waals surface area (Å²) >= 11 is 0. The smallest absolute Gasteiger partial charge is 0.261 e. The molecule has 0 spiro atoms. The van der Waals surface area contributed by atoms with E-state index in [1.165, 1.54) is 0 Å². The van der Waals surface area contributed by atoms with E-state index < -0.39 is 0 Å². The predicted molar refractivity (Wildman–Crippen MR) is 72.3 cm³/mol. The number of nitrogen functional groups attached to an aromatic ring is 1. The van der Waals surface area contributed by atoms with Gasteiger partial charge in [-0.3, -0.25) is 10.2 Å². The number of aromatic nitrogens is 1. The number of rotatable bonds is 4. The number of pyridine rings is 1. The van der Waals surface area contributed by atoms with Crippen LogP contribution in [0.1, 0.15) is 32.0 Å². The van der Waals surface area contributed by atoms with Crippen molar-refractivity contribution in [1.29, 1.82) is 5.41 Å². The number of nitrogens with two attached hydrogens (primary N) is 1. The van der Waals surface area contributed by atoms with Gasteiger partial charge in [-0.1, -0.05) is 20.8 Å². The minimum Gasteiger partial charge on any atom is -0.384 e. The van der Waals surface area contributed by atoms with E-state index >= 15 is 0 Å². The fraction of sp³-hybridized carbons (Fsp3) is 0.538. The first-order valence-corrected chi connectivity index (χ1v) is 5.86. The van der Waals surface area contributed by atoms with Crippen LogP contribution in [0.3, 0.4) is 0 Å². The highest BCUT2D eigenvalue weighted by atomic mass is 16.5. The summed E-state index contributed by atoms with van der Waals surface area (Å²) < 4.78 is 6.66. The highest BCUT2D eigenvalue weighted by molar-refractivity contribution is 5.94. The third-order valence-electron chi connectivity index (χ3n) is 2.75. The number of nitrogens with one attached hydrogen (secondary N) is 1. The third kappa shape index (κ3) is 2.98. The molecule has 0 atom stereocenters. The van der Waals surface area contributed by atoms with Gasteiger partial charge < -0.3 is 15.0 Å². The molecule has 5 heteroatoms. The molecule has 1 aromatic heterocycles. The molecule has 0 aliphatic rings. The fourth-order valence-corrected chi connectivity index (χ4v) is 1.84. The normalized spacial score (nSPS) is 11.6. The van der Waals surface area contributed by atoms with Crippen molar-refractivity contribution in [3.05, 3.63) is 33.7 Å². The van der Waals surface area contributed by atoms with Crippen molar-refractivity contribution in [1.82, 2.24) is 4.57 Å². The molecular weight excluding hydrogens is 230 g/mol. The van der Waals surface area contributed by atoms with E-state index in [4.69, 9.17) is 15.9 Å². The second-order valence-corrected chi connectivity index (χ2v) is 5.25. The molecule has 18 heavy (non-hydrogen) atoms. The second-order valence-electron chi connectivity index (χ2n) is 5.25. The lowest BCUT2D eigenvalue weighted by molar-refractivity contribution is 0.184. The minimum absolute atomic E-state index is 0.151. The molecule has 1 rings (SSSR count). The minimum atomic E-state index is -0.230. The van der Waals surface area contributed by atoms with Gasteiger partial charge in [0.2, 0.25) is 0 Å². The molecule has 0 unspecified atom stereocenters. The van der Waals surface area contributed by atoms with Crippen molar-refractivity contribution in [3.63, 3.8) is 0 Å². The first-order valence-electron chi connectivity index (χ1n) is 5.86. The van der Waals surface area contributed by atoms with Crippen LogP contribution in [0.4, 0.5) is 0 Å². The number of nitrogens with zero attached hydrogens (tertiary/aromatic N) is 1. The van der Waals surface area contributed by atoms with Gasteiger partial charge in [0.05, 0.1) is 12.2 Å². The lowest BCUT2D eigenvalue weighted by Crippen LogP contribution is -2.35. The fourth-order valence-electron chi connectivity index (χ4n) is 1.84. The second kappa shape index (κ2) is 5.35. The van der Waals surface area contributed by atoms with Crippen molar-refractivity contribution in [2.75, 3.05) is 13.7 Å². The summed E-state index contributed by atoms with van der Waals surface area (Å²) in [5.41, 5.74) is 6.18. The van der Waals surface area contributed by atoms with Gasteiger partial charge in [0.15, 0.2) is 0 Å². The van der Waals surface area contributed by atoms with E-state index in [1.807, 2.05) is 26.8 Å². The third-order valence-corrected chi connectivity index (χ3v) is 2.75. The van der Waals surface area contributed by atoms with Crippen molar-refractivity contribution in [2.45, 2.75) is 32.7 Å². The SMILES string of the molecule is COCCn1c(C(C)(C)C)ccc(C(=N)N)c1=O. The van der Waals surface area contributed by atoms with Gasteiger partial charge in [-0.2, -0.15) is 0 Å². The van der Waals surface area contributed by atoms with Gasteiger partial charge in [0.25, 0.3) is 5.56 Å². The zero-order valence-corrected chi connectivity index (χ0v) is 11.4. The van der Waals surface area contributed by atoms with Crippen molar-refractivity contribution in [2.24, 2.45) is 5.73 Å². The predicted octanol–water partition coefficient (Wildman–Crippen LogP) is 1.08. The molecule has 0 fully saturated rings. The summed E-state index contributed by atoms with van der Waals surface area (Å²) in [6.07, 6.45) is 0. The van der Waals surface area contributed by atoms with Crippen molar-refractivity contribution in [3.8, 4) is 0 Å². The van der Waals surface area contributed by atoms with Crippen LogP contribution in [0.25, 0.3) is 0 Å². The molecular formula is C13H21N3O2.